The first-order chi connectivity index (χ1) is 8.22. The van der Waals surface area contributed by atoms with Crippen LogP contribution in [0.1, 0.15) is 5.56 Å². The van der Waals surface area contributed by atoms with Crippen LogP contribution in [0, 0.1) is 0 Å². The molecule has 2 nitrogen and oxygen atoms in total. The van der Waals surface area contributed by atoms with Crippen molar-refractivity contribution in [3.8, 4) is 11.5 Å². The smallest absolute Gasteiger partial charge is 0.153 e. The van der Waals surface area contributed by atoms with Crippen molar-refractivity contribution in [3.05, 3.63) is 52.0 Å². The molecule has 0 spiro atoms. The molecule has 0 bridgehead atoms. The molecular weight excluding hydrogens is 257 g/mol. The summed E-state index contributed by atoms with van der Waals surface area (Å²) in [7, 11) is 0. The van der Waals surface area contributed by atoms with Crippen molar-refractivity contribution in [2.75, 3.05) is 0 Å². The molecule has 0 aromatic heterocycles. The number of benzene rings is 2. The monoisotopic (exact) mass is 263 g/mol. The number of hydrogen-bond acceptors (Lipinski definition) is 2. The number of fused-ring (bicyclic) bond motifs is 2. The lowest BCUT2D eigenvalue weighted by Gasteiger charge is -2.07. The van der Waals surface area contributed by atoms with Crippen molar-refractivity contribution < 1.29 is 4.74 Å². The topological polar surface area (TPSA) is 21.6 Å². The highest BCUT2D eigenvalue weighted by Gasteiger charge is 2.12. The van der Waals surface area contributed by atoms with Crippen LogP contribution < -0.4 is 4.74 Å². The van der Waals surface area contributed by atoms with Gasteiger partial charge in [0.15, 0.2) is 5.75 Å². The first-order valence-corrected chi connectivity index (χ1v) is 5.79. The summed E-state index contributed by atoms with van der Waals surface area (Å²) in [6, 6.07) is 10.8. The fourth-order valence-corrected chi connectivity index (χ4v) is 2.00. The van der Waals surface area contributed by atoms with Crippen LogP contribution in [0.2, 0.25) is 10.0 Å². The maximum Gasteiger partial charge on any atom is 0.153 e. The van der Waals surface area contributed by atoms with E-state index in [9.17, 15) is 0 Å². The molecule has 0 unspecified atom stereocenters. The Bertz CT molecular complexity index is 569. The van der Waals surface area contributed by atoms with E-state index < -0.39 is 0 Å². The van der Waals surface area contributed by atoms with Crippen LogP contribution >= 0.6 is 23.2 Å². The second-order valence-electron chi connectivity index (χ2n) is 3.65. The van der Waals surface area contributed by atoms with Gasteiger partial charge < -0.3 is 4.74 Å². The Balaban J connectivity index is 2.16. The maximum absolute atomic E-state index is 5.93. The van der Waals surface area contributed by atoms with Gasteiger partial charge >= 0.3 is 0 Å². The largest absolute Gasteiger partial charge is 0.454 e. The van der Waals surface area contributed by atoms with Gasteiger partial charge in [-0.2, -0.15) is 0 Å². The van der Waals surface area contributed by atoms with E-state index in [1.165, 1.54) is 0 Å². The SMILES string of the molecule is Clc1ccc2c(c1)C=Nc1cc(Cl)ccc1O2. The predicted molar refractivity (Wildman–Crippen MR) is 70.2 cm³/mol. The van der Waals surface area contributed by atoms with Gasteiger partial charge in [-0.15, -0.1) is 0 Å². The molecule has 1 aliphatic rings. The average Bonchev–Trinajstić information content (AvgIpc) is 2.48. The summed E-state index contributed by atoms with van der Waals surface area (Å²) >= 11 is 11.8. The highest BCUT2D eigenvalue weighted by Crippen LogP contribution is 2.37. The van der Waals surface area contributed by atoms with Gasteiger partial charge in [-0.3, -0.25) is 4.99 Å². The number of rotatable bonds is 0. The van der Waals surface area contributed by atoms with Crippen molar-refractivity contribution in [2.24, 2.45) is 4.99 Å². The molecule has 4 heteroatoms. The van der Waals surface area contributed by atoms with Gasteiger partial charge in [0.25, 0.3) is 0 Å². The molecule has 84 valence electrons. The Morgan fingerprint density at radius 3 is 2.41 bits per heavy atom. The third-order valence-corrected chi connectivity index (χ3v) is 2.93. The summed E-state index contributed by atoms with van der Waals surface area (Å²) in [6.45, 7) is 0. The summed E-state index contributed by atoms with van der Waals surface area (Å²) in [5.74, 6) is 1.42. The molecule has 0 N–H and O–H groups in total. The van der Waals surface area contributed by atoms with Gasteiger partial charge in [0.2, 0.25) is 0 Å². The van der Waals surface area contributed by atoms with E-state index in [1.807, 2.05) is 12.1 Å². The summed E-state index contributed by atoms with van der Waals surface area (Å²) in [4.78, 5) is 4.34. The molecule has 0 amide bonds. The summed E-state index contributed by atoms with van der Waals surface area (Å²) < 4.78 is 5.77. The Kier molecular flexibility index (Phi) is 2.54. The molecular formula is C13H7Cl2NO. The van der Waals surface area contributed by atoms with Crippen molar-refractivity contribution in [1.29, 1.82) is 0 Å². The summed E-state index contributed by atoms with van der Waals surface area (Å²) in [5, 5.41) is 1.29. The predicted octanol–water partition coefficient (Wildman–Crippen LogP) is 4.85. The minimum absolute atomic E-state index is 0.633. The molecule has 0 radical (unpaired) electrons. The highest BCUT2D eigenvalue weighted by atomic mass is 35.5. The number of halogens is 2. The van der Waals surface area contributed by atoms with E-state index in [2.05, 4.69) is 4.99 Å². The van der Waals surface area contributed by atoms with E-state index in [0.29, 0.717) is 21.5 Å². The van der Waals surface area contributed by atoms with Gasteiger partial charge in [0.05, 0.1) is 0 Å². The van der Waals surface area contributed by atoms with E-state index in [-0.39, 0.29) is 0 Å². The zero-order chi connectivity index (χ0) is 11.8. The summed E-state index contributed by atoms with van der Waals surface area (Å²) in [6.07, 6.45) is 1.73. The molecule has 2 aromatic carbocycles. The number of nitrogens with zero attached hydrogens (tertiary/aromatic N) is 1. The Labute approximate surface area is 108 Å². The van der Waals surface area contributed by atoms with E-state index in [1.54, 1.807) is 30.5 Å². The molecule has 0 saturated heterocycles. The van der Waals surface area contributed by atoms with Crippen LogP contribution in [-0.4, -0.2) is 6.21 Å². The quantitative estimate of drug-likeness (QED) is 0.568. The van der Waals surface area contributed by atoms with Gasteiger partial charge in [-0.25, -0.2) is 0 Å². The number of ether oxygens (including phenoxy) is 1. The normalized spacial score (nSPS) is 12.4. The number of aliphatic imine (C=N–C) groups is 1. The van der Waals surface area contributed by atoms with Crippen LogP contribution in [0.15, 0.2) is 41.4 Å². The molecule has 0 atom stereocenters. The third kappa shape index (κ3) is 2.02. The molecule has 17 heavy (non-hydrogen) atoms. The van der Waals surface area contributed by atoms with Crippen molar-refractivity contribution in [2.45, 2.75) is 0 Å². The first kappa shape index (κ1) is 10.6. The zero-order valence-corrected chi connectivity index (χ0v) is 10.2. The van der Waals surface area contributed by atoms with Gasteiger partial charge in [0.1, 0.15) is 11.4 Å². The number of hydrogen-bond donors (Lipinski definition) is 0. The molecule has 0 saturated carbocycles. The fraction of sp³-hybridized carbons (Fsp3) is 0. The molecule has 0 aliphatic carbocycles. The Hall–Kier alpha value is -1.51. The van der Waals surface area contributed by atoms with Gasteiger partial charge in [-0.05, 0) is 36.4 Å². The van der Waals surface area contributed by atoms with Gasteiger partial charge in [0, 0.05) is 21.8 Å². The van der Waals surface area contributed by atoms with Gasteiger partial charge in [-0.1, -0.05) is 23.2 Å². The van der Waals surface area contributed by atoms with Crippen LogP contribution in [0.4, 0.5) is 5.69 Å². The molecule has 0 fully saturated rings. The molecule has 1 aliphatic heterocycles. The van der Waals surface area contributed by atoms with Crippen LogP contribution in [-0.2, 0) is 0 Å². The first-order valence-electron chi connectivity index (χ1n) is 5.03. The van der Waals surface area contributed by atoms with Crippen molar-refractivity contribution in [3.63, 3.8) is 0 Å². The van der Waals surface area contributed by atoms with E-state index >= 15 is 0 Å². The third-order valence-electron chi connectivity index (χ3n) is 2.46. The lowest BCUT2D eigenvalue weighted by atomic mass is 10.2. The Morgan fingerprint density at radius 1 is 0.882 bits per heavy atom. The van der Waals surface area contributed by atoms with Crippen molar-refractivity contribution in [1.82, 2.24) is 0 Å². The minimum Gasteiger partial charge on any atom is -0.454 e. The zero-order valence-electron chi connectivity index (χ0n) is 8.65. The second-order valence-corrected chi connectivity index (χ2v) is 4.53. The van der Waals surface area contributed by atoms with Crippen LogP contribution in [0.25, 0.3) is 0 Å². The Morgan fingerprint density at radius 2 is 1.59 bits per heavy atom. The second kappa shape index (κ2) is 4.06. The lowest BCUT2D eigenvalue weighted by molar-refractivity contribution is 0.485. The van der Waals surface area contributed by atoms with Crippen molar-refractivity contribution >= 4 is 35.1 Å². The van der Waals surface area contributed by atoms with Crippen LogP contribution in [0.3, 0.4) is 0 Å². The standard InChI is InChI=1S/C13H7Cl2NO/c14-9-1-3-12-8(5-9)7-16-11-6-10(15)2-4-13(11)17-12/h1-7H. The van der Waals surface area contributed by atoms with Crippen LogP contribution in [0.5, 0.6) is 11.5 Å². The highest BCUT2D eigenvalue weighted by molar-refractivity contribution is 6.31. The van der Waals surface area contributed by atoms with E-state index in [0.717, 1.165) is 11.3 Å². The fourth-order valence-electron chi connectivity index (χ4n) is 1.65. The lowest BCUT2D eigenvalue weighted by Crippen LogP contribution is -1.87. The molecule has 2 aromatic rings. The maximum atomic E-state index is 5.93. The molecule has 1 heterocycles. The molecule has 3 rings (SSSR count). The average molecular weight is 264 g/mol. The minimum atomic E-state index is 0.633. The van der Waals surface area contributed by atoms with E-state index in [4.69, 9.17) is 27.9 Å². The summed E-state index contributed by atoms with van der Waals surface area (Å²) in [5.41, 5.74) is 1.56.